The molecule has 1 saturated heterocycles. The molecule has 0 radical (unpaired) electrons. The van der Waals surface area contributed by atoms with Gasteiger partial charge in [0, 0.05) is 43.2 Å². The maximum Gasteiger partial charge on any atom is 0.0636 e. The highest BCUT2D eigenvalue weighted by Crippen LogP contribution is 2.35. The van der Waals surface area contributed by atoms with Crippen molar-refractivity contribution in [2.24, 2.45) is 5.41 Å². The highest BCUT2D eigenvalue weighted by Gasteiger charge is 2.34. The molecule has 0 amide bonds. The minimum absolute atomic E-state index is 0.000182. The molecular weight excluding hydrogens is 346 g/mol. The zero-order valence-corrected chi connectivity index (χ0v) is 16.4. The van der Waals surface area contributed by atoms with E-state index in [0.29, 0.717) is 0 Å². The molecule has 146 valence electrons. The Morgan fingerprint density at radius 3 is 2.71 bits per heavy atom. The maximum atomic E-state index is 10.3. The summed E-state index contributed by atoms with van der Waals surface area (Å²) >= 11 is 0. The number of aromatic nitrogens is 2. The van der Waals surface area contributed by atoms with E-state index in [1.807, 2.05) is 12.3 Å². The smallest absolute Gasteiger partial charge is 0.0636 e. The monoisotopic (exact) mass is 375 g/mol. The van der Waals surface area contributed by atoms with E-state index < -0.39 is 0 Å². The molecule has 1 fully saturated rings. The summed E-state index contributed by atoms with van der Waals surface area (Å²) in [5.74, 6) is 0. The largest absolute Gasteiger partial charge is 0.396 e. The van der Waals surface area contributed by atoms with Gasteiger partial charge in [0.1, 0.15) is 0 Å². The van der Waals surface area contributed by atoms with Crippen LogP contribution in [0.3, 0.4) is 0 Å². The summed E-state index contributed by atoms with van der Waals surface area (Å²) in [5, 5.41) is 10.3. The number of nitrogens with zero attached hydrogens (tertiary/aromatic N) is 3. The lowest BCUT2D eigenvalue weighted by Crippen LogP contribution is -2.45. The van der Waals surface area contributed by atoms with E-state index in [4.69, 9.17) is 0 Å². The van der Waals surface area contributed by atoms with Crippen molar-refractivity contribution in [3.63, 3.8) is 0 Å². The first kappa shape index (κ1) is 18.9. The second kappa shape index (κ2) is 8.72. The Labute approximate surface area is 167 Å². The van der Waals surface area contributed by atoms with Gasteiger partial charge >= 0.3 is 0 Å². The summed E-state index contributed by atoms with van der Waals surface area (Å²) in [6.45, 7) is 3.20. The van der Waals surface area contributed by atoms with Gasteiger partial charge in [-0.25, -0.2) is 0 Å². The first-order valence-electron chi connectivity index (χ1n) is 10.2. The third-order valence-corrected chi connectivity index (χ3v) is 6.01. The maximum absolute atomic E-state index is 10.3. The van der Waals surface area contributed by atoms with Crippen LogP contribution in [0.5, 0.6) is 0 Å². The standard InChI is InChI=1S/C24H29N3O/c28-20-24(13-11-21-7-2-1-3-8-21)12-6-15-26(19-24)18-23-10-5-16-27(23)22-9-4-14-25-17-22/h1-5,7-10,14,16-17,28H,6,11-13,15,18-20H2. The van der Waals surface area contributed by atoms with Crippen molar-refractivity contribution in [1.82, 2.24) is 14.5 Å². The molecule has 1 unspecified atom stereocenters. The van der Waals surface area contributed by atoms with Gasteiger partial charge in [-0.1, -0.05) is 30.3 Å². The zero-order valence-electron chi connectivity index (χ0n) is 16.4. The molecule has 2 aromatic heterocycles. The van der Waals surface area contributed by atoms with Crippen LogP contribution in [0.4, 0.5) is 0 Å². The van der Waals surface area contributed by atoms with Gasteiger partial charge in [-0.2, -0.15) is 0 Å². The van der Waals surface area contributed by atoms with Gasteiger partial charge in [-0.15, -0.1) is 0 Å². The van der Waals surface area contributed by atoms with Gasteiger partial charge in [-0.3, -0.25) is 9.88 Å². The fourth-order valence-electron chi connectivity index (χ4n) is 4.43. The van der Waals surface area contributed by atoms with Crippen molar-refractivity contribution in [2.45, 2.75) is 32.2 Å². The molecule has 1 aliphatic heterocycles. The number of aliphatic hydroxyl groups is 1. The van der Waals surface area contributed by atoms with Crippen molar-refractivity contribution in [2.75, 3.05) is 19.7 Å². The molecule has 4 nitrogen and oxygen atoms in total. The SMILES string of the molecule is OCC1(CCc2ccccc2)CCCN(Cc2cccn2-c2cccnc2)C1. The minimum Gasteiger partial charge on any atom is -0.396 e. The Hall–Kier alpha value is -2.43. The van der Waals surface area contributed by atoms with Crippen LogP contribution in [0.1, 0.15) is 30.5 Å². The number of piperidine rings is 1. The number of benzene rings is 1. The molecule has 3 heterocycles. The molecule has 4 heteroatoms. The Balaban J connectivity index is 1.44. The predicted octanol–water partition coefficient (Wildman–Crippen LogP) is 4.08. The van der Waals surface area contributed by atoms with Crippen LogP contribution in [0, 0.1) is 5.41 Å². The number of aryl methyl sites for hydroxylation is 1. The van der Waals surface area contributed by atoms with E-state index in [2.05, 4.69) is 69.2 Å². The van der Waals surface area contributed by atoms with Crippen LogP contribution in [-0.4, -0.2) is 39.3 Å². The number of rotatable bonds is 7. The third kappa shape index (κ3) is 4.34. The van der Waals surface area contributed by atoms with Gasteiger partial charge in [-0.05, 0) is 62.1 Å². The third-order valence-electron chi connectivity index (χ3n) is 6.01. The van der Waals surface area contributed by atoms with Crippen molar-refractivity contribution < 1.29 is 5.11 Å². The Morgan fingerprint density at radius 2 is 1.93 bits per heavy atom. The second-order valence-corrected chi connectivity index (χ2v) is 8.04. The van der Waals surface area contributed by atoms with E-state index in [1.165, 1.54) is 11.3 Å². The second-order valence-electron chi connectivity index (χ2n) is 8.04. The van der Waals surface area contributed by atoms with Gasteiger partial charge in [0.25, 0.3) is 0 Å². The number of likely N-dealkylation sites (tertiary alicyclic amines) is 1. The first-order valence-corrected chi connectivity index (χ1v) is 10.2. The zero-order chi connectivity index (χ0) is 19.2. The van der Waals surface area contributed by atoms with Crippen molar-refractivity contribution in [3.8, 4) is 5.69 Å². The van der Waals surface area contributed by atoms with Crippen LogP contribution < -0.4 is 0 Å². The summed E-state index contributed by atoms with van der Waals surface area (Å²) in [4.78, 5) is 6.76. The average molecular weight is 376 g/mol. The molecule has 1 aliphatic rings. The van der Waals surface area contributed by atoms with E-state index in [-0.39, 0.29) is 12.0 Å². The predicted molar refractivity (Wildman–Crippen MR) is 112 cm³/mol. The van der Waals surface area contributed by atoms with Crippen LogP contribution in [0.15, 0.2) is 73.2 Å². The van der Waals surface area contributed by atoms with E-state index in [0.717, 1.165) is 51.0 Å². The van der Waals surface area contributed by atoms with Crippen molar-refractivity contribution >= 4 is 0 Å². The number of hydrogen-bond acceptors (Lipinski definition) is 3. The van der Waals surface area contributed by atoms with E-state index in [9.17, 15) is 5.11 Å². The van der Waals surface area contributed by atoms with Gasteiger partial charge in [0.05, 0.1) is 11.9 Å². The van der Waals surface area contributed by atoms with E-state index in [1.54, 1.807) is 6.20 Å². The average Bonchev–Trinajstić information content (AvgIpc) is 3.22. The summed E-state index contributed by atoms with van der Waals surface area (Å²) in [5.41, 5.74) is 3.72. The first-order chi connectivity index (χ1) is 13.8. The van der Waals surface area contributed by atoms with Crippen molar-refractivity contribution in [1.29, 1.82) is 0 Å². The highest BCUT2D eigenvalue weighted by atomic mass is 16.3. The summed E-state index contributed by atoms with van der Waals surface area (Å²) < 4.78 is 2.21. The lowest BCUT2D eigenvalue weighted by atomic mass is 9.76. The number of aliphatic hydroxyl groups excluding tert-OH is 1. The molecular formula is C24H29N3O. The molecule has 1 N–H and O–H groups in total. The van der Waals surface area contributed by atoms with Gasteiger partial charge in [0.2, 0.25) is 0 Å². The van der Waals surface area contributed by atoms with Crippen LogP contribution in [-0.2, 0) is 13.0 Å². The topological polar surface area (TPSA) is 41.3 Å². The molecule has 4 rings (SSSR count). The highest BCUT2D eigenvalue weighted by molar-refractivity contribution is 5.32. The summed E-state index contributed by atoms with van der Waals surface area (Å²) in [6, 6.07) is 19.0. The summed E-state index contributed by atoms with van der Waals surface area (Å²) in [6.07, 6.45) is 10.1. The minimum atomic E-state index is -0.000182. The molecule has 1 atom stereocenters. The van der Waals surface area contributed by atoms with E-state index >= 15 is 0 Å². The fourth-order valence-corrected chi connectivity index (χ4v) is 4.43. The fraction of sp³-hybridized carbons (Fsp3) is 0.375. The lowest BCUT2D eigenvalue weighted by Gasteiger charge is -2.42. The van der Waals surface area contributed by atoms with Gasteiger partial charge in [0.15, 0.2) is 0 Å². The Bertz CT molecular complexity index is 862. The molecule has 0 spiro atoms. The van der Waals surface area contributed by atoms with Crippen LogP contribution >= 0.6 is 0 Å². The van der Waals surface area contributed by atoms with Crippen molar-refractivity contribution in [3.05, 3.63) is 84.4 Å². The number of hydrogen-bond donors (Lipinski definition) is 1. The van der Waals surface area contributed by atoms with Gasteiger partial charge < -0.3 is 9.67 Å². The Morgan fingerprint density at radius 1 is 1.04 bits per heavy atom. The number of pyridine rings is 1. The van der Waals surface area contributed by atoms with Crippen LogP contribution in [0.25, 0.3) is 5.69 Å². The molecule has 28 heavy (non-hydrogen) atoms. The molecule has 0 saturated carbocycles. The van der Waals surface area contributed by atoms with Crippen LogP contribution in [0.2, 0.25) is 0 Å². The lowest BCUT2D eigenvalue weighted by molar-refractivity contribution is 0.0217. The quantitative estimate of drug-likeness (QED) is 0.676. The molecule has 3 aromatic rings. The molecule has 0 bridgehead atoms. The normalized spacial score (nSPS) is 20.3. The molecule has 1 aromatic carbocycles. The summed E-state index contributed by atoms with van der Waals surface area (Å²) in [7, 11) is 0. The molecule has 0 aliphatic carbocycles. The Kier molecular flexibility index (Phi) is 5.89.